The molecule has 2 aromatic carbocycles. The molecule has 3 rings (SSSR count). The fourth-order valence-electron chi connectivity index (χ4n) is 2.90. The van der Waals surface area contributed by atoms with E-state index in [1.54, 1.807) is 24.4 Å². The van der Waals surface area contributed by atoms with Gasteiger partial charge in [0.05, 0.1) is 25.8 Å². The number of rotatable bonds is 8. The first kappa shape index (κ1) is 20.5. The maximum Gasteiger partial charge on any atom is 0.244 e. The molecule has 29 heavy (non-hydrogen) atoms. The van der Waals surface area contributed by atoms with E-state index in [2.05, 4.69) is 10.4 Å². The van der Waals surface area contributed by atoms with Crippen molar-refractivity contribution in [1.82, 2.24) is 15.1 Å². The van der Waals surface area contributed by atoms with Crippen molar-refractivity contribution in [3.63, 3.8) is 0 Å². The summed E-state index contributed by atoms with van der Waals surface area (Å²) in [5.74, 6) is 0.766. The minimum atomic E-state index is -0.204. The summed E-state index contributed by atoms with van der Waals surface area (Å²) in [5, 5.41) is 7.56. The van der Waals surface area contributed by atoms with Crippen molar-refractivity contribution in [2.75, 3.05) is 14.2 Å². The summed E-state index contributed by atoms with van der Waals surface area (Å²) >= 11 is 6.20. The SMILES string of the molecule is COc1cc(/C=C/C(=O)NCc2ccccc2Cn2cccn2)cc(Cl)c1OC. The molecule has 0 aliphatic rings. The summed E-state index contributed by atoms with van der Waals surface area (Å²) in [6, 6.07) is 13.3. The Bertz CT molecular complexity index is 1000. The monoisotopic (exact) mass is 411 g/mol. The topological polar surface area (TPSA) is 65.4 Å². The van der Waals surface area contributed by atoms with E-state index in [1.807, 2.05) is 41.2 Å². The van der Waals surface area contributed by atoms with Crippen LogP contribution in [-0.2, 0) is 17.9 Å². The molecule has 0 aliphatic carbocycles. The molecule has 3 aromatic rings. The second kappa shape index (κ2) is 9.80. The third-order valence-electron chi connectivity index (χ3n) is 4.35. The number of carbonyl (C=O) groups is 1. The van der Waals surface area contributed by atoms with Gasteiger partial charge >= 0.3 is 0 Å². The zero-order valence-corrected chi connectivity index (χ0v) is 17.0. The van der Waals surface area contributed by atoms with Crippen LogP contribution >= 0.6 is 11.6 Å². The van der Waals surface area contributed by atoms with E-state index in [-0.39, 0.29) is 5.91 Å². The van der Waals surface area contributed by atoms with Gasteiger partial charge in [-0.3, -0.25) is 9.48 Å². The highest BCUT2D eigenvalue weighted by molar-refractivity contribution is 6.32. The lowest BCUT2D eigenvalue weighted by molar-refractivity contribution is -0.116. The van der Waals surface area contributed by atoms with Crippen molar-refractivity contribution < 1.29 is 14.3 Å². The minimum Gasteiger partial charge on any atom is -0.493 e. The first-order valence-corrected chi connectivity index (χ1v) is 9.40. The number of halogens is 1. The molecule has 0 fully saturated rings. The zero-order chi connectivity index (χ0) is 20.6. The summed E-state index contributed by atoms with van der Waals surface area (Å²) in [4.78, 5) is 12.3. The molecule has 1 N–H and O–H groups in total. The first-order chi connectivity index (χ1) is 14.1. The highest BCUT2D eigenvalue weighted by Gasteiger charge is 2.10. The second-order valence-electron chi connectivity index (χ2n) is 6.26. The minimum absolute atomic E-state index is 0.204. The molecule has 150 valence electrons. The second-order valence-corrected chi connectivity index (χ2v) is 6.67. The lowest BCUT2D eigenvalue weighted by Gasteiger charge is -2.11. The van der Waals surface area contributed by atoms with Crippen molar-refractivity contribution in [3.05, 3.63) is 82.6 Å². The fraction of sp³-hybridized carbons (Fsp3) is 0.182. The van der Waals surface area contributed by atoms with E-state index in [4.69, 9.17) is 21.1 Å². The van der Waals surface area contributed by atoms with Gasteiger partial charge in [-0.05, 0) is 41.0 Å². The molecule has 0 spiro atoms. The number of nitrogens with zero attached hydrogens (tertiary/aromatic N) is 2. The van der Waals surface area contributed by atoms with Crippen molar-refractivity contribution in [2.24, 2.45) is 0 Å². The van der Waals surface area contributed by atoms with Crippen LogP contribution in [0.2, 0.25) is 5.02 Å². The van der Waals surface area contributed by atoms with Gasteiger partial charge in [-0.2, -0.15) is 5.10 Å². The van der Waals surface area contributed by atoms with Gasteiger partial charge in [0.2, 0.25) is 5.91 Å². The van der Waals surface area contributed by atoms with Gasteiger partial charge in [0.15, 0.2) is 11.5 Å². The van der Waals surface area contributed by atoms with Crippen LogP contribution in [0.15, 0.2) is 60.9 Å². The number of nitrogens with one attached hydrogen (secondary N) is 1. The Morgan fingerprint density at radius 1 is 1.17 bits per heavy atom. The van der Waals surface area contributed by atoms with Gasteiger partial charge < -0.3 is 14.8 Å². The van der Waals surface area contributed by atoms with Gasteiger partial charge in [-0.15, -0.1) is 0 Å². The van der Waals surface area contributed by atoms with Crippen molar-refractivity contribution in [1.29, 1.82) is 0 Å². The van der Waals surface area contributed by atoms with Crippen LogP contribution in [0.5, 0.6) is 11.5 Å². The van der Waals surface area contributed by atoms with E-state index in [0.29, 0.717) is 29.6 Å². The molecule has 0 radical (unpaired) electrons. The molecule has 0 aliphatic heterocycles. The highest BCUT2D eigenvalue weighted by Crippen LogP contribution is 2.36. The number of aromatic nitrogens is 2. The Morgan fingerprint density at radius 3 is 2.66 bits per heavy atom. The third-order valence-corrected chi connectivity index (χ3v) is 4.63. The normalized spacial score (nSPS) is 10.9. The highest BCUT2D eigenvalue weighted by atomic mass is 35.5. The molecule has 0 atom stereocenters. The number of carbonyl (C=O) groups excluding carboxylic acids is 1. The van der Waals surface area contributed by atoms with Crippen molar-refractivity contribution in [3.8, 4) is 11.5 Å². The molecule has 0 unspecified atom stereocenters. The van der Waals surface area contributed by atoms with Gasteiger partial charge in [0, 0.05) is 25.0 Å². The molecular weight excluding hydrogens is 390 g/mol. The number of hydrogen-bond acceptors (Lipinski definition) is 4. The van der Waals surface area contributed by atoms with E-state index in [9.17, 15) is 4.79 Å². The number of benzene rings is 2. The smallest absolute Gasteiger partial charge is 0.244 e. The van der Waals surface area contributed by atoms with Crippen molar-refractivity contribution in [2.45, 2.75) is 13.1 Å². The van der Waals surface area contributed by atoms with Crippen LogP contribution in [-0.4, -0.2) is 29.9 Å². The summed E-state index contributed by atoms with van der Waals surface area (Å²) in [6.45, 7) is 1.08. The third kappa shape index (κ3) is 5.39. The van der Waals surface area contributed by atoms with Crippen LogP contribution in [0.1, 0.15) is 16.7 Å². The molecular formula is C22H22ClN3O3. The zero-order valence-electron chi connectivity index (χ0n) is 16.3. The van der Waals surface area contributed by atoms with E-state index >= 15 is 0 Å². The molecule has 6 nitrogen and oxygen atoms in total. The molecule has 0 bridgehead atoms. The summed E-state index contributed by atoms with van der Waals surface area (Å²) in [6.07, 6.45) is 6.80. The van der Waals surface area contributed by atoms with E-state index in [1.165, 1.54) is 20.3 Å². The van der Waals surface area contributed by atoms with Gasteiger partial charge in [-0.25, -0.2) is 0 Å². The van der Waals surface area contributed by atoms with Gasteiger partial charge in [-0.1, -0.05) is 35.9 Å². The standard InChI is InChI=1S/C22H22ClN3O3/c1-28-20-13-16(12-19(23)22(20)29-2)8-9-21(27)24-14-17-6-3-4-7-18(17)15-26-11-5-10-25-26/h3-13H,14-15H2,1-2H3,(H,24,27)/b9-8+. The Kier molecular flexibility index (Phi) is 6.92. The maximum absolute atomic E-state index is 12.3. The van der Waals surface area contributed by atoms with Gasteiger partial charge in [0.1, 0.15) is 0 Å². The summed E-state index contributed by atoms with van der Waals surface area (Å²) in [7, 11) is 3.06. The van der Waals surface area contributed by atoms with Gasteiger partial charge in [0.25, 0.3) is 0 Å². The maximum atomic E-state index is 12.3. The summed E-state index contributed by atoms with van der Waals surface area (Å²) < 4.78 is 12.3. The molecule has 7 heteroatoms. The average Bonchev–Trinajstić information content (AvgIpc) is 3.24. The Morgan fingerprint density at radius 2 is 1.97 bits per heavy atom. The first-order valence-electron chi connectivity index (χ1n) is 9.02. The Labute approximate surface area is 174 Å². The number of amides is 1. The van der Waals surface area contributed by atoms with Crippen LogP contribution in [0.25, 0.3) is 6.08 Å². The van der Waals surface area contributed by atoms with Crippen LogP contribution in [0.3, 0.4) is 0 Å². The van der Waals surface area contributed by atoms with E-state index in [0.717, 1.165) is 16.7 Å². The fourth-order valence-corrected chi connectivity index (χ4v) is 3.20. The van der Waals surface area contributed by atoms with Crippen LogP contribution < -0.4 is 14.8 Å². The quantitative estimate of drug-likeness (QED) is 0.570. The largest absolute Gasteiger partial charge is 0.493 e. The molecule has 0 saturated heterocycles. The number of methoxy groups -OCH3 is 2. The molecule has 1 aromatic heterocycles. The summed E-state index contributed by atoms with van der Waals surface area (Å²) in [5.41, 5.74) is 2.88. The van der Waals surface area contributed by atoms with Crippen LogP contribution in [0, 0.1) is 0 Å². The predicted octanol–water partition coefficient (Wildman–Crippen LogP) is 3.93. The average molecular weight is 412 g/mol. The van der Waals surface area contributed by atoms with E-state index < -0.39 is 0 Å². The lowest BCUT2D eigenvalue weighted by Crippen LogP contribution is -2.21. The Hall–Kier alpha value is -3.25. The van der Waals surface area contributed by atoms with Crippen molar-refractivity contribution >= 4 is 23.6 Å². The Balaban J connectivity index is 1.64. The van der Waals surface area contributed by atoms with Crippen LogP contribution in [0.4, 0.5) is 0 Å². The molecule has 1 amide bonds. The lowest BCUT2D eigenvalue weighted by atomic mass is 10.1. The number of hydrogen-bond donors (Lipinski definition) is 1. The molecule has 1 heterocycles. The molecule has 0 saturated carbocycles. The number of ether oxygens (including phenoxy) is 2. The predicted molar refractivity (Wildman–Crippen MR) is 113 cm³/mol.